The minimum atomic E-state index is -0.0746. The van der Waals surface area contributed by atoms with Gasteiger partial charge in [0.05, 0.1) is 6.54 Å². The minimum Gasteiger partial charge on any atom is -0.345 e. The molecule has 0 heterocycles. The number of unbranched alkanes of at least 4 members (excludes halogenated alkanes) is 2. The third kappa shape index (κ3) is 6.71. The van der Waals surface area contributed by atoms with Crippen LogP contribution in [0.3, 0.4) is 0 Å². The van der Waals surface area contributed by atoms with Crippen molar-refractivity contribution in [2.75, 3.05) is 32.5 Å². The molecule has 1 N–H and O–H groups in total. The number of benzene rings is 1. The zero-order valence-corrected chi connectivity index (χ0v) is 15.6. The molecule has 5 nitrogen and oxygen atoms in total. The maximum atomic E-state index is 12.3. The van der Waals surface area contributed by atoms with Crippen molar-refractivity contribution < 1.29 is 9.59 Å². The molecule has 0 aliphatic carbocycles. The van der Waals surface area contributed by atoms with E-state index in [4.69, 9.17) is 0 Å². The molecule has 0 aliphatic rings. The number of hydrogen-bond acceptors (Lipinski definition) is 3. The topological polar surface area (TPSA) is 52.7 Å². The Kier molecular flexibility index (Phi) is 8.47. The summed E-state index contributed by atoms with van der Waals surface area (Å²) in [6.45, 7) is 7.69. The van der Waals surface area contributed by atoms with Crippen LogP contribution in [0.5, 0.6) is 0 Å². The molecule has 0 aliphatic heterocycles. The molecule has 0 bridgehead atoms. The summed E-state index contributed by atoms with van der Waals surface area (Å²) in [6, 6.07) is 7.39. The summed E-state index contributed by atoms with van der Waals surface area (Å²) in [5.74, 6) is -0.121. The zero-order chi connectivity index (χ0) is 18.1. The Bertz CT molecular complexity index is 541. The summed E-state index contributed by atoms with van der Waals surface area (Å²) < 4.78 is 0. The molecule has 0 fully saturated rings. The summed E-state index contributed by atoms with van der Waals surface area (Å²) in [6.07, 6.45) is 3.46. The standard InChI is InChI=1S/C19H31N3O2/c1-6-7-8-12-22(15(2)3)14-18(23)20-17-11-9-10-16(13-17)19(24)21(4)5/h9-11,13,15H,6-8,12,14H2,1-5H3,(H,20,23). The molecule has 5 heteroatoms. The highest BCUT2D eigenvalue weighted by Gasteiger charge is 2.14. The van der Waals surface area contributed by atoms with Gasteiger partial charge in [-0.25, -0.2) is 0 Å². The van der Waals surface area contributed by atoms with Crippen LogP contribution in [-0.2, 0) is 4.79 Å². The van der Waals surface area contributed by atoms with Gasteiger partial charge in [-0.15, -0.1) is 0 Å². The molecular formula is C19H31N3O2. The van der Waals surface area contributed by atoms with E-state index in [9.17, 15) is 9.59 Å². The Morgan fingerprint density at radius 2 is 1.88 bits per heavy atom. The van der Waals surface area contributed by atoms with Crippen LogP contribution in [0, 0.1) is 0 Å². The quantitative estimate of drug-likeness (QED) is 0.706. The van der Waals surface area contributed by atoms with E-state index in [1.807, 2.05) is 0 Å². The summed E-state index contributed by atoms with van der Waals surface area (Å²) in [5, 5.41) is 2.90. The van der Waals surface area contributed by atoms with Crippen LogP contribution < -0.4 is 5.32 Å². The van der Waals surface area contributed by atoms with Gasteiger partial charge in [0.15, 0.2) is 0 Å². The first-order chi connectivity index (χ1) is 11.3. The molecule has 1 rings (SSSR count). The molecule has 0 atom stereocenters. The number of amides is 2. The molecule has 2 amide bonds. The van der Waals surface area contributed by atoms with E-state index < -0.39 is 0 Å². The Labute approximate surface area is 146 Å². The SMILES string of the molecule is CCCCCN(CC(=O)Nc1cccc(C(=O)N(C)C)c1)C(C)C. The molecule has 0 saturated carbocycles. The smallest absolute Gasteiger partial charge is 0.253 e. The van der Waals surface area contributed by atoms with E-state index in [0.29, 0.717) is 23.8 Å². The van der Waals surface area contributed by atoms with Gasteiger partial charge in [-0.05, 0) is 45.0 Å². The summed E-state index contributed by atoms with van der Waals surface area (Å²) >= 11 is 0. The van der Waals surface area contributed by atoms with Crippen LogP contribution in [0.15, 0.2) is 24.3 Å². The predicted octanol–water partition coefficient (Wildman–Crippen LogP) is 3.23. The first kappa shape index (κ1) is 20.2. The Morgan fingerprint density at radius 3 is 2.46 bits per heavy atom. The highest BCUT2D eigenvalue weighted by atomic mass is 16.2. The zero-order valence-electron chi connectivity index (χ0n) is 15.6. The summed E-state index contributed by atoms with van der Waals surface area (Å²) in [7, 11) is 3.43. The van der Waals surface area contributed by atoms with Crippen molar-refractivity contribution in [1.29, 1.82) is 0 Å². The molecular weight excluding hydrogens is 302 g/mol. The second-order valence-corrected chi connectivity index (χ2v) is 6.60. The summed E-state index contributed by atoms with van der Waals surface area (Å²) in [4.78, 5) is 28.0. The van der Waals surface area contributed by atoms with Crippen molar-refractivity contribution in [2.45, 2.75) is 46.1 Å². The fraction of sp³-hybridized carbons (Fsp3) is 0.579. The lowest BCUT2D eigenvalue weighted by molar-refractivity contribution is -0.117. The second kappa shape index (κ2) is 10.1. The van der Waals surface area contributed by atoms with E-state index in [0.717, 1.165) is 13.0 Å². The van der Waals surface area contributed by atoms with Gasteiger partial charge in [0, 0.05) is 31.4 Å². The van der Waals surface area contributed by atoms with E-state index in [1.54, 1.807) is 38.4 Å². The van der Waals surface area contributed by atoms with Crippen LogP contribution in [0.1, 0.15) is 50.4 Å². The fourth-order valence-electron chi connectivity index (χ4n) is 2.46. The van der Waals surface area contributed by atoms with Gasteiger partial charge in [0.25, 0.3) is 5.91 Å². The van der Waals surface area contributed by atoms with Gasteiger partial charge in [-0.3, -0.25) is 14.5 Å². The Morgan fingerprint density at radius 1 is 1.17 bits per heavy atom. The van der Waals surface area contributed by atoms with Crippen molar-refractivity contribution >= 4 is 17.5 Å². The third-order valence-electron chi connectivity index (χ3n) is 3.93. The van der Waals surface area contributed by atoms with Gasteiger partial charge < -0.3 is 10.2 Å². The van der Waals surface area contributed by atoms with Crippen LogP contribution in [0.25, 0.3) is 0 Å². The van der Waals surface area contributed by atoms with Crippen LogP contribution in [0.4, 0.5) is 5.69 Å². The number of hydrogen-bond donors (Lipinski definition) is 1. The van der Waals surface area contributed by atoms with Crippen molar-refractivity contribution in [1.82, 2.24) is 9.80 Å². The Balaban J connectivity index is 2.66. The van der Waals surface area contributed by atoms with Crippen molar-refractivity contribution in [3.05, 3.63) is 29.8 Å². The van der Waals surface area contributed by atoms with Gasteiger partial charge in [-0.1, -0.05) is 25.8 Å². The van der Waals surface area contributed by atoms with Crippen LogP contribution in [-0.4, -0.2) is 54.8 Å². The van der Waals surface area contributed by atoms with Gasteiger partial charge in [0.1, 0.15) is 0 Å². The van der Waals surface area contributed by atoms with Gasteiger partial charge in [0.2, 0.25) is 5.91 Å². The first-order valence-corrected chi connectivity index (χ1v) is 8.70. The monoisotopic (exact) mass is 333 g/mol. The molecule has 1 aromatic carbocycles. The average molecular weight is 333 g/mol. The average Bonchev–Trinajstić information content (AvgIpc) is 2.53. The Hall–Kier alpha value is -1.88. The van der Waals surface area contributed by atoms with Gasteiger partial charge >= 0.3 is 0 Å². The molecule has 24 heavy (non-hydrogen) atoms. The highest BCUT2D eigenvalue weighted by Crippen LogP contribution is 2.12. The van der Waals surface area contributed by atoms with Crippen molar-refractivity contribution in [3.8, 4) is 0 Å². The number of nitrogens with one attached hydrogen (secondary N) is 1. The largest absolute Gasteiger partial charge is 0.345 e. The second-order valence-electron chi connectivity index (χ2n) is 6.60. The number of carbonyl (C=O) groups is 2. The maximum Gasteiger partial charge on any atom is 0.253 e. The molecule has 0 spiro atoms. The van der Waals surface area contributed by atoms with Crippen LogP contribution in [0.2, 0.25) is 0 Å². The summed E-state index contributed by atoms with van der Waals surface area (Å²) in [5.41, 5.74) is 1.23. The molecule has 0 saturated heterocycles. The molecule has 0 unspecified atom stereocenters. The van der Waals surface area contributed by atoms with Crippen LogP contribution >= 0.6 is 0 Å². The molecule has 1 aromatic rings. The van der Waals surface area contributed by atoms with E-state index in [1.165, 1.54) is 17.7 Å². The van der Waals surface area contributed by atoms with Gasteiger partial charge in [-0.2, -0.15) is 0 Å². The minimum absolute atomic E-state index is 0.0466. The normalized spacial score (nSPS) is 11.0. The molecule has 0 radical (unpaired) electrons. The lowest BCUT2D eigenvalue weighted by Gasteiger charge is -2.25. The number of rotatable bonds is 9. The van der Waals surface area contributed by atoms with Crippen molar-refractivity contribution in [2.24, 2.45) is 0 Å². The highest BCUT2D eigenvalue weighted by molar-refractivity contribution is 5.97. The van der Waals surface area contributed by atoms with E-state index in [-0.39, 0.29) is 11.8 Å². The lowest BCUT2D eigenvalue weighted by atomic mass is 10.1. The van der Waals surface area contributed by atoms with E-state index >= 15 is 0 Å². The fourth-order valence-corrected chi connectivity index (χ4v) is 2.46. The molecule has 0 aromatic heterocycles. The van der Waals surface area contributed by atoms with E-state index in [2.05, 4.69) is 31.0 Å². The van der Waals surface area contributed by atoms with Crippen molar-refractivity contribution in [3.63, 3.8) is 0 Å². The maximum absolute atomic E-state index is 12.3. The predicted molar refractivity (Wildman–Crippen MR) is 99.3 cm³/mol. The first-order valence-electron chi connectivity index (χ1n) is 8.70. The number of anilines is 1. The number of nitrogens with zero attached hydrogens (tertiary/aromatic N) is 2. The number of carbonyl (C=O) groups excluding carboxylic acids is 2. The lowest BCUT2D eigenvalue weighted by Crippen LogP contribution is -2.38. The third-order valence-corrected chi connectivity index (χ3v) is 3.93. The molecule has 134 valence electrons.